The van der Waals surface area contributed by atoms with Crippen LogP contribution in [0.2, 0.25) is 0 Å². The van der Waals surface area contributed by atoms with Gasteiger partial charge in [0, 0.05) is 19.3 Å². The van der Waals surface area contributed by atoms with Crippen LogP contribution in [0.3, 0.4) is 0 Å². The summed E-state index contributed by atoms with van der Waals surface area (Å²) in [7, 11) is 0. The van der Waals surface area contributed by atoms with Crippen LogP contribution in [0.25, 0.3) is 0 Å². The van der Waals surface area contributed by atoms with Crippen molar-refractivity contribution in [2.24, 2.45) is 0 Å². The number of hydrogen-bond donors (Lipinski definition) is 0. The van der Waals surface area contributed by atoms with Crippen molar-refractivity contribution in [3.63, 3.8) is 0 Å². The van der Waals surface area contributed by atoms with Gasteiger partial charge in [-0.1, -0.05) is 332 Å². The van der Waals surface area contributed by atoms with Gasteiger partial charge in [0.2, 0.25) is 0 Å². The predicted octanol–water partition coefficient (Wildman–Crippen LogP) is 24.3. The minimum atomic E-state index is -0.771. The van der Waals surface area contributed by atoms with Crippen molar-refractivity contribution in [2.45, 2.75) is 380 Å². The van der Waals surface area contributed by atoms with Crippen LogP contribution in [0.5, 0.6) is 0 Å². The Morgan fingerprint density at radius 1 is 0.263 bits per heavy atom. The predicted molar refractivity (Wildman–Crippen MR) is 348 cm³/mol. The smallest absolute Gasteiger partial charge is 0.306 e. The number of allylic oxidation sites excluding steroid dienone is 10. The molecule has 466 valence electrons. The molecule has 6 heteroatoms. The molecule has 80 heavy (non-hydrogen) atoms. The molecule has 1 unspecified atom stereocenters. The fraction of sp³-hybridized carbons (Fsp3) is 0.824. The summed E-state index contributed by atoms with van der Waals surface area (Å²) < 4.78 is 17.0. The summed E-state index contributed by atoms with van der Waals surface area (Å²) in [4.78, 5) is 38.3. The van der Waals surface area contributed by atoms with Gasteiger partial charge in [-0.2, -0.15) is 0 Å². The van der Waals surface area contributed by atoms with Gasteiger partial charge in [0.15, 0.2) is 6.10 Å². The lowest BCUT2D eigenvalue weighted by atomic mass is 10.0. The van der Waals surface area contributed by atoms with Gasteiger partial charge in [-0.15, -0.1) is 0 Å². The number of esters is 3. The number of carbonyl (C=O) groups is 3. The largest absolute Gasteiger partial charge is 0.462 e. The first kappa shape index (κ1) is 77.1. The summed E-state index contributed by atoms with van der Waals surface area (Å²) in [6.07, 6.45) is 88.3. The Labute approximate surface area is 498 Å². The van der Waals surface area contributed by atoms with E-state index in [-0.39, 0.29) is 31.1 Å². The molecule has 0 aliphatic rings. The molecule has 1 atom stereocenters. The van der Waals surface area contributed by atoms with Crippen LogP contribution in [0.1, 0.15) is 374 Å². The van der Waals surface area contributed by atoms with E-state index in [1.807, 2.05) is 0 Å². The minimum Gasteiger partial charge on any atom is -0.462 e. The fourth-order valence-electron chi connectivity index (χ4n) is 10.5. The van der Waals surface area contributed by atoms with E-state index in [4.69, 9.17) is 14.2 Å². The molecule has 0 saturated heterocycles. The zero-order valence-electron chi connectivity index (χ0n) is 53.6. The highest BCUT2D eigenvalue weighted by atomic mass is 16.6. The maximum atomic E-state index is 12.9. The lowest BCUT2D eigenvalue weighted by Crippen LogP contribution is -2.30. The standard InChI is InChI=1S/C74H134O6/c1-4-7-10-13-16-19-22-24-26-28-30-32-33-34-35-36-37-38-39-40-41-43-44-46-48-50-52-55-58-61-64-67-73(76)79-70-71(69-78-72(75)66-63-60-57-54-21-18-15-12-9-6-3)80-74(77)68-65-62-59-56-53-51-49-47-45-42-31-29-27-25-23-20-17-14-11-8-5-2/h7,10,16,19,24,26,29-32,71H,4-6,8-9,11-15,17-18,20-23,25,27-28,33-70H2,1-3H3/b10-7-,19-16-,26-24-,31-29-,32-30-. The maximum Gasteiger partial charge on any atom is 0.306 e. The lowest BCUT2D eigenvalue weighted by Gasteiger charge is -2.18. The van der Waals surface area contributed by atoms with Gasteiger partial charge in [-0.05, 0) is 83.5 Å². The summed E-state index contributed by atoms with van der Waals surface area (Å²) >= 11 is 0. The number of unbranched alkanes of at least 4 members (excludes halogenated alkanes) is 44. The van der Waals surface area contributed by atoms with E-state index in [2.05, 4.69) is 81.5 Å². The number of ether oxygens (including phenoxy) is 3. The maximum absolute atomic E-state index is 12.9. The summed E-state index contributed by atoms with van der Waals surface area (Å²) in [6, 6.07) is 0. The van der Waals surface area contributed by atoms with Crippen molar-refractivity contribution in [1.82, 2.24) is 0 Å². The van der Waals surface area contributed by atoms with Gasteiger partial charge >= 0.3 is 17.9 Å². The third-order valence-corrected chi connectivity index (χ3v) is 15.8. The van der Waals surface area contributed by atoms with E-state index in [1.165, 1.54) is 250 Å². The number of hydrogen-bond acceptors (Lipinski definition) is 6. The van der Waals surface area contributed by atoms with Crippen LogP contribution in [0.15, 0.2) is 60.8 Å². The Morgan fingerprint density at radius 2 is 0.487 bits per heavy atom. The van der Waals surface area contributed by atoms with Gasteiger partial charge in [0.25, 0.3) is 0 Å². The molecule has 0 aromatic rings. The molecule has 0 aliphatic heterocycles. The van der Waals surface area contributed by atoms with E-state index < -0.39 is 6.10 Å². The topological polar surface area (TPSA) is 78.9 Å². The van der Waals surface area contributed by atoms with Crippen molar-refractivity contribution in [1.29, 1.82) is 0 Å². The molecule has 0 spiro atoms. The number of rotatable bonds is 65. The summed E-state index contributed by atoms with van der Waals surface area (Å²) in [5, 5.41) is 0. The van der Waals surface area contributed by atoms with Crippen molar-refractivity contribution in [3.8, 4) is 0 Å². The molecule has 0 saturated carbocycles. The lowest BCUT2D eigenvalue weighted by molar-refractivity contribution is -0.167. The first-order valence-corrected chi connectivity index (χ1v) is 35.3. The third kappa shape index (κ3) is 65.9. The van der Waals surface area contributed by atoms with Crippen LogP contribution in [-0.4, -0.2) is 37.2 Å². The molecule has 0 aromatic heterocycles. The molecule has 0 bridgehead atoms. The SMILES string of the molecule is CC/C=C\C/C=C\C/C=C\C/C=C\CCCCCCCCCCCCCCCCCCCCC(=O)OCC(COC(=O)CCCCCCCCCCCC)OC(=O)CCCCCCCCCCC/C=C\CCCCCCCCCC. The molecule has 0 rings (SSSR count). The van der Waals surface area contributed by atoms with Gasteiger partial charge < -0.3 is 14.2 Å². The quantitative estimate of drug-likeness (QED) is 0.0261. The fourth-order valence-corrected chi connectivity index (χ4v) is 10.5. The number of carbonyl (C=O) groups excluding carboxylic acids is 3. The monoisotopic (exact) mass is 1120 g/mol. The van der Waals surface area contributed by atoms with Gasteiger partial charge in [0.1, 0.15) is 13.2 Å². The van der Waals surface area contributed by atoms with Gasteiger partial charge in [0.05, 0.1) is 0 Å². The molecule has 0 radical (unpaired) electrons. The van der Waals surface area contributed by atoms with Crippen LogP contribution >= 0.6 is 0 Å². The molecule has 0 fully saturated rings. The van der Waals surface area contributed by atoms with E-state index in [0.717, 1.165) is 83.5 Å². The van der Waals surface area contributed by atoms with Crippen LogP contribution in [-0.2, 0) is 28.6 Å². The average molecular weight is 1120 g/mol. The van der Waals surface area contributed by atoms with Crippen molar-refractivity contribution < 1.29 is 28.6 Å². The zero-order chi connectivity index (χ0) is 57.8. The summed E-state index contributed by atoms with van der Waals surface area (Å²) in [6.45, 7) is 6.57. The summed E-state index contributed by atoms with van der Waals surface area (Å²) in [5.41, 5.74) is 0. The van der Waals surface area contributed by atoms with Crippen molar-refractivity contribution in [2.75, 3.05) is 13.2 Å². The van der Waals surface area contributed by atoms with Crippen molar-refractivity contribution in [3.05, 3.63) is 60.8 Å². The molecule has 0 N–H and O–H groups in total. The molecule has 0 aromatic carbocycles. The highest BCUT2D eigenvalue weighted by Crippen LogP contribution is 2.18. The van der Waals surface area contributed by atoms with E-state index >= 15 is 0 Å². The molecule has 0 heterocycles. The Balaban J connectivity index is 4.12. The molecule has 0 amide bonds. The molecule has 6 nitrogen and oxygen atoms in total. The summed E-state index contributed by atoms with van der Waals surface area (Å²) in [5.74, 6) is -0.848. The highest BCUT2D eigenvalue weighted by Gasteiger charge is 2.19. The second kappa shape index (κ2) is 68.6. The van der Waals surface area contributed by atoms with E-state index in [1.54, 1.807) is 0 Å². The second-order valence-corrected chi connectivity index (χ2v) is 23.8. The average Bonchev–Trinajstić information content (AvgIpc) is 3.46. The highest BCUT2D eigenvalue weighted by molar-refractivity contribution is 5.71. The molecular formula is C74H134O6. The normalized spacial score (nSPS) is 12.4. The van der Waals surface area contributed by atoms with Crippen LogP contribution in [0, 0.1) is 0 Å². The van der Waals surface area contributed by atoms with Crippen molar-refractivity contribution >= 4 is 17.9 Å². The van der Waals surface area contributed by atoms with E-state index in [0.29, 0.717) is 19.3 Å². The van der Waals surface area contributed by atoms with Gasteiger partial charge in [-0.25, -0.2) is 0 Å². The molecular weight excluding hydrogens is 985 g/mol. The first-order valence-electron chi connectivity index (χ1n) is 35.3. The second-order valence-electron chi connectivity index (χ2n) is 23.8. The molecule has 0 aliphatic carbocycles. The Bertz CT molecular complexity index is 1430. The van der Waals surface area contributed by atoms with Crippen LogP contribution in [0.4, 0.5) is 0 Å². The Hall–Kier alpha value is -2.89. The van der Waals surface area contributed by atoms with Crippen LogP contribution < -0.4 is 0 Å². The third-order valence-electron chi connectivity index (χ3n) is 15.8. The zero-order valence-corrected chi connectivity index (χ0v) is 53.6. The Morgan fingerprint density at radius 3 is 0.775 bits per heavy atom. The Kier molecular flexibility index (Phi) is 66.1. The minimum absolute atomic E-state index is 0.0689. The van der Waals surface area contributed by atoms with Gasteiger partial charge in [-0.3, -0.25) is 14.4 Å². The first-order chi connectivity index (χ1) is 39.5. The van der Waals surface area contributed by atoms with E-state index in [9.17, 15) is 14.4 Å².